The molecule has 38 heavy (non-hydrogen) atoms. The minimum atomic E-state index is -0.653. The molecule has 0 unspecified atom stereocenters. The second kappa shape index (κ2) is 10.9. The van der Waals surface area contributed by atoms with Gasteiger partial charge >= 0.3 is 6.09 Å². The first kappa shape index (κ1) is 25.9. The van der Waals surface area contributed by atoms with Gasteiger partial charge in [-0.15, -0.1) is 10.2 Å². The van der Waals surface area contributed by atoms with Crippen LogP contribution in [-0.4, -0.2) is 63.1 Å². The molecule has 1 aliphatic heterocycles. The Morgan fingerprint density at radius 1 is 0.974 bits per heavy atom. The number of carbonyl (C=O) groups is 1. The van der Waals surface area contributed by atoms with Crippen molar-refractivity contribution in [3.8, 4) is 28.4 Å². The molecule has 1 saturated heterocycles. The van der Waals surface area contributed by atoms with Crippen LogP contribution in [0.25, 0.3) is 33.4 Å². The maximum atomic E-state index is 13.6. The zero-order valence-electron chi connectivity index (χ0n) is 22.6. The highest BCUT2D eigenvalue weighted by Crippen LogP contribution is 2.36. The van der Waals surface area contributed by atoms with E-state index in [4.69, 9.17) is 9.47 Å². The number of benzene rings is 1. The molecule has 1 aliphatic rings. The van der Waals surface area contributed by atoms with Gasteiger partial charge in [0.05, 0.1) is 29.6 Å². The van der Waals surface area contributed by atoms with E-state index in [-0.39, 0.29) is 0 Å². The molecule has 0 atom stereocenters. The Kier molecular flexibility index (Phi) is 7.42. The molecule has 8 heteroatoms. The van der Waals surface area contributed by atoms with Gasteiger partial charge in [-0.05, 0) is 89.0 Å². The standard InChI is InChI=1S/C30H35N5O3/c1-30(2,3)38-29(36)35-26-18-21(12-17-34-15-6-5-7-16-34)8-9-23(26)19-27(35)24-20-25(32-33-28(24)37-4)22-10-13-31-14-11-22/h8-11,13-14,18-20H,5-7,12,15-17H2,1-4H3. The van der Waals surface area contributed by atoms with Crippen LogP contribution in [0.5, 0.6) is 5.88 Å². The Morgan fingerprint density at radius 3 is 2.45 bits per heavy atom. The van der Waals surface area contributed by atoms with E-state index in [2.05, 4.69) is 38.3 Å². The van der Waals surface area contributed by atoms with Gasteiger partial charge in [0.25, 0.3) is 0 Å². The van der Waals surface area contributed by atoms with Crippen LogP contribution in [0.3, 0.4) is 0 Å². The number of nitrogens with zero attached hydrogens (tertiary/aromatic N) is 5. The van der Waals surface area contributed by atoms with Crippen molar-refractivity contribution >= 4 is 17.0 Å². The van der Waals surface area contributed by atoms with Crippen molar-refractivity contribution in [3.05, 3.63) is 60.4 Å². The van der Waals surface area contributed by atoms with Gasteiger partial charge in [-0.25, -0.2) is 9.36 Å². The highest BCUT2D eigenvalue weighted by atomic mass is 16.6. The fourth-order valence-corrected chi connectivity index (χ4v) is 4.95. The smallest absolute Gasteiger partial charge is 0.419 e. The molecule has 1 fully saturated rings. The van der Waals surface area contributed by atoms with E-state index in [1.165, 1.54) is 24.8 Å². The summed E-state index contributed by atoms with van der Waals surface area (Å²) in [6.07, 6.45) is 7.77. The molecule has 0 amide bonds. The summed E-state index contributed by atoms with van der Waals surface area (Å²) in [5.41, 5.74) is 4.17. The van der Waals surface area contributed by atoms with Gasteiger partial charge in [-0.3, -0.25) is 4.98 Å². The molecule has 0 radical (unpaired) electrons. The van der Waals surface area contributed by atoms with Crippen molar-refractivity contribution in [2.75, 3.05) is 26.7 Å². The SMILES string of the molecule is COc1nnc(-c2ccncc2)cc1-c1cc2ccc(CCN3CCCCC3)cc2n1C(=O)OC(C)(C)C. The molecular weight excluding hydrogens is 478 g/mol. The van der Waals surface area contributed by atoms with Gasteiger partial charge in [-0.2, -0.15) is 0 Å². The molecule has 0 saturated carbocycles. The number of hydrogen-bond acceptors (Lipinski definition) is 7. The maximum absolute atomic E-state index is 13.6. The lowest BCUT2D eigenvalue weighted by atomic mass is 10.1. The first-order valence-corrected chi connectivity index (χ1v) is 13.2. The summed E-state index contributed by atoms with van der Waals surface area (Å²) < 4.78 is 13.1. The van der Waals surface area contributed by atoms with Crippen LogP contribution in [0.2, 0.25) is 0 Å². The van der Waals surface area contributed by atoms with Crippen LogP contribution in [0.4, 0.5) is 4.79 Å². The van der Waals surface area contributed by atoms with Crippen LogP contribution in [-0.2, 0) is 11.2 Å². The third kappa shape index (κ3) is 5.70. The first-order chi connectivity index (χ1) is 18.3. The lowest BCUT2D eigenvalue weighted by molar-refractivity contribution is 0.0547. The number of hydrogen-bond donors (Lipinski definition) is 0. The molecule has 4 aromatic rings. The van der Waals surface area contributed by atoms with Crippen molar-refractivity contribution in [1.29, 1.82) is 0 Å². The molecule has 4 heterocycles. The minimum absolute atomic E-state index is 0.334. The van der Waals surface area contributed by atoms with Crippen molar-refractivity contribution in [1.82, 2.24) is 24.6 Å². The van der Waals surface area contributed by atoms with E-state index in [0.29, 0.717) is 22.8 Å². The van der Waals surface area contributed by atoms with Gasteiger partial charge in [0, 0.05) is 29.9 Å². The van der Waals surface area contributed by atoms with Gasteiger partial charge in [0.2, 0.25) is 5.88 Å². The average molecular weight is 514 g/mol. The van der Waals surface area contributed by atoms with Crippen molar-refractivity contribution in [2.45, 2.75) is 52.1 Å². The summed E-state index contributed by atoms with van der Waals surface area (Å²) in [7, 11) is 1.55. The molecule has 8 nitrogen and oxygen atoms in total. The fraction of sp³-hybridized carbons (Fsp3) is 0.400. The second-order valence-corrected chi connectivity index (χ2v) is 10.8. The fourth-order valence-electron chi connectivity index (χ4n) is 4.95. The van der Waals surface area contributed by atoms with E-state index in [0.717, 1.165) is 42.5 Å². The summed E-state index contributed by atoms with van der Waals surface area (Å²) in [4.78, 5) is 20.3. The zero-order chi connectivity index (χ0) is 26.7. The zero-order valence-corrected chi connectivity index (χ0v) is 22.6. The van der Waals surface area contributed by atoms with E-state index < -0.39 is 11.7 Å². The van der Waals surface area contributed by atoms with Crippen molar-refractivity contribution in [2.24, 2.45) is 0 Å². The van der Waals surface area contributed by atoms with E-state index in [1.807, 2.05) is 45.0 Å². The monoisotopic (exact) mass is 513 g/mol. The molecule has 3 aromatic heterocycles. The summed E-state index contributed by atoms with van der Waals surface area (Å²) >= 11 is 0. The number of pyridine rings is 1. The predicted molar refractivity (Wildman–Crippen MR) is 148 cm³/mol. The number of methoxy groups -OCH3 is 1. The number of aromatic nitrogens is 4. The third-order valence-electron chi connectivity index (χ3n) is 6.82. The summed E-state index contributed by atoms with van der Waals surface area (Å²) in [6.45, 7) is 8.96. The average Bonchev–Trinajstić information content (AvgIpc) is 3.30. The highest BCUT2D eigenvalue weighted by molar-refractivity contribution is 5.97. The predicted octanol–water partition coefficient (Wildman–Crippen LogP) is 5.98. The highest BCUT2D eigenvalue weighted by Gasteiger charge is 2.25. The Labute approximate surface area is 223 Å². The lowest BCUT2D eigenvalue weighted by Gasteiger charge is -2.26. The maximum Gasteiger partial charge on any atom is 0.419 e. The van der Waals surface area contributed by atoms with E-state index in [1.54, 1.807) is 24.1 Å². The molecule has 0 bridgehead atoms. The van der Waals surface area contributed by atoms with Crippen LogP contribution in [0.15, 0.2) is 54.9 Å². The number of carbonyl (C=O) groups excluding carboxylic acids is 1. The topological polar surface area (TPSA) is 82.4 Å². The molecule has 0 aliphatic carbocycles. The Balaban J connectivity index is 1.60. The first-order valence-electron chi connectivity index (χ1n) is 13.2. The number of fused-ring (bicyclic) bond motifs is 1. The van der Waals surface area contributed by atoms with Crippen molar-refractivity contribution in [3.63, 3.8) is 0 Å². The molecule has 0 spiro atoms. The molecular formula is C30H35N5O3. The van der Waals surface area contributed by atoms with Crippen LogP contribution in [0, 0.1) is 0 Å². The molecule has 1 aromatic carbocycles. The summed E-state index contributed by atoms with van der Waals surface area (Å²) in [6, 6.07) is 14.0. The number of rotatable bonds is 6. The molecule has 0 N–H and O–H groups in total. The Bertz CT molecular complexity index is 1420. The summed E-state index contributed by atoms with van der Waals surface area (Å²) in [5.74, 6) is 0.334. The van der Waals surface area contributed by atoms with Gasteiger partial charge in [-0.1, -0.05) is 18.6 Å². The lowest BCUT2D eigenvalue weighted by Crippen LogP contribution is -2.31. The Hall–Kier alpha value is -3.78. The van der Waals surface area contributed by atoms with Gasteiger partial charge in [0.15, 0.2) is 0 Å². The quantitative estimate of drug-likeness (QED) is 0.314. The van der Waals surface area contributed by atoms with Gasteiger partial charge < -0.3 is 14.4 Å². The number of ether oxygens (including phenoxy) is 2. The second-order valence-electron chi connectivity index (χ2n) is 10.8. The number of piperidine rings is 1. The Morgan fingerprint density at radius 2 is 1.74 bits per heavy atom. The van der Waals surface area contributed by atoms with E-state index in [9.17, 15) is 4.79 Å². The molecule has 198 valence electrons. The molecule has 5 rings (SSSR count). The van der Waals surface area contributed by atoms with Crippen LogP contribution >= 0.6 is 0 Å². The number of likely N-dealkylation sites (tertiary alicyclic amines) is 1. The third-order valence-corrected chi connectivity index (χ3v) is 6.82. The van der Waals surface area contributed by atoms with E-state index >= 15 is 0 Å². The van der Waals surface area contributed by atoms with Crippen LogP contribution in [0.1, 0.15) is 45.6 Å². The van der Waals surface area contributed by atoms with Crippen molar-refractivity contribution < 1.29 is 14.3 Å². The minimum Gasteiger partial charge on any atom is -0.479 e. The summed E-state index contributed by atoms with van der Waals surface area (Å²) in [5, 5.41) is 9.62. The van der Waals surface area contributed by atoms with Gasteiger partial charge in [0.1, 0.15) is 5.60 Å². The van der Waals surface area contributed by atoms with Crippen LogP contribution < -0.4 is 4.74 Å². The normalized spacial score (nSPS) is 14.5. The largest absolute Gasteiger partial charge is 0.479 e.